The topological polar surface area (TPSA) is 25.4 Å². The van der Waals surface area contributed by atoms with Crippen LogP contribution in [0.1, 0.15) is 36.8 Å². The number of halogens is 1. The van der Waals surface area contributed by atoms with Gasteiger partial charge >= 0.3 is 0 Å². The fraction of sp³-hybridized carbons (Fsp3) is 0.500. The van der Waals surface area contributed by atoms with E-state index < -0.39 is 0 Å². The maximum Gasteiger partial charge on any atom is 0.123 e. The molecule has 0 bridgehead atoms. The van der Waals surface area contributed by atoms with Gasteiger partial charge in [0, 0.05) is 38.6 Å². The van der Waals surface area contributed by atoms with Gasteiger partial charge in [0.15, 0.2) is 0 Å². The van der Waals surface area contributed by atoms with E-state index in [4.69, 9.17) is 4.74 Å². The molecule has 2 aliphatic heterocycles. The van der Waals surface area contributed by atoms with E-state index in [9.17, 15) is 4.39 Å². The second-order valence-corrected chi connectivity index (χ2v) is 7.86. The molecule has 2 aromatic rings. The fourth-order valence-electron chi connectivity index (χ4n) is 4.51. The standard InChI is InChI=1S/C22H27FN2O/c23-21-3-1-2-19(15-21)14-20-6-13-26-22(16-20)7-11-25(12-8-22)17-18-4-9-24-10-5-18/h1-5,9-10,15,20H,6-8,11-14,16-17H2. The van der Waals surface area contributed by atoms with Crippen LogP contribution in [-0.2, 0) is 17.7 Å². The molecule has 3 nitrogen and oxygen atoms in total. The van der Waals surface area contributed by atoms with Crippen molar-refractivity contribution in [1.29, 1.82) is 0 Å². The van der Waals surface area contributed by atoms with Crippen LogP contribution >= 0.6 is 0 Å². The van der Waals surface area contributed by atoms with Gasteiger partial charge in [-0.05, 0) is 73.4 Å². The number of ether oxygens (including phenoxy) is 1. The zero-order valence-corrected chi connectivity index (χ0v) is 15.2. The maximum atomic E-state index is 13.5. The first-order chi connectivity index (χ1) is 12.7. The first-order valence-electron chi connectivity index (χ1n) is 9.70. The number of hydrogen-bond acceptors (Lipinski definition) is 3. The summed E-state index contributed by atoms with van der Waals surface area (Å²) in [6, 6.07) is 11.2. The predicted molar refractivity (Wildman–Crippen MR) is 100 cm³/mol. The van der Waals surface area contributed by atoms with Crippen LogP contribution < -0.4 is 0 Å². The van der Waals surface area contributed by atoms with Crippen molar-refractivity contribution in [3.63, 3.8) is 0 Å². The molecular weight excluding hydrogens is 327 g/mol. The van der Waals surface area contributed by atoms with Crippen LogP contribution in [0.15, 0.2) is 48.8 Å². The molecule has 4 rings (SSSR count). The average molecular weight is 354 g/mol. The maximum absolute atomic E-state index is 13.5. The first-order valence-corrected chi connectivity index (χ1v) is 9.70. The first kappa shape index (κ1) is 17.6. The summed E-state index contributed by atoms with van der Waals surface area (Å²) in [5, 5.41) is 0. The van der Waals surface area contributed by atoms with Crippen molar-refractivity contribution >= 4 is 0 Å². The third-order valence-electron chi connectivity index (χ3n) is 5.93. The molecule has 0 saturated carbocycles. The van der Waals surface area contributed by atoms with Gasteiger partial charge in [-0.3, -0.25) is 9.88 Å². The quantitative estimate of drug-likeness (QED) is 0.822. The molecule has 0 aliphatic carbocycles. The number of aromatic nitrogens is 1. The Morgan fingerprint density at radius 1 is 1.12 bits per heavy atom. The van der Waals surface area contributed by atoms with Gasteiger partial charge in [0.1, 0.15) is 5.82 Å². The van der Waals surface area contributed by atoms with Crippen LogP contribution in [0.5, 0.6) is 0 Å². The minimum absolute atomic E-state index is 0.0327. The van der Waals surface area contributed by atoms with Crippen molar-refractivity contribution in [3.05, 3.63) is 65.7 Å². The Kier molecular flexibility index (Phi) is 5.32. The molecule has 0 amide bonds. The van der Waals surface area contributed by atoms with Gasteiger partial charge in [0.2, 0.25) is 0 Å². The lowest BCUT2D eigenvalue weighted by molar-refractivity contribution is -0.127. The van der Waals surface area contributed by atoms with Crippen molar-refractivity contribution < 1.29 is 9.13 Å². The van der Waals surface area contributed by atoms with E-state index in [2.05, 4.69) is 22.0 Å². The number of rotatable bonds is 4. The summed E-state index contributed by atoms with van der Waals surface area (Å²) in [6.07, 6.45) is 9.06. The molecule has 1 unspecified atom stereocenters. The molecule has 2 fully saturated rings. The second kappa shape index (κ2) is 7.85. The van der Waals surface area contributed by atoms with Crippen molar-refractivity contribution in [2.45, 2.75) is 44.2 Å². The van der Waals surface area contributed by atoms with Crippen LogP contribution in [0.2, 0.25) is 0 Å². The number of nitrogens with zero attached hydrogens (tertiary/aromatic N) is 2. The van der Waals surface area contributed by atoms with Gasteiger partial charge in [-0.1, -0.05) is 12.1 Å². The SMILES string of the molecule is Fc1cccc(CC2CCOC3(CCN(Cc4ccncc4)CC3)C2)c1. The van der Waals surface area contributed by atoms with Crippen molar-refractivity contribution in [3.8, 4) is 0 Å². The van der Waals surface area contributed by atoms with Gasteiger partial charge in [0.05, 0.1) is 5.60 Å². The highest BCUT2D eigenvalue weighted by atomic mass is 19.1. The molecule has 0 radical (unpaired) electrons. The number of pyridine rings is 1. The van der Waals surface area contributed by atoms with Gasteiger partial charge in [-0.15, -0.1) is 0 Å². The number of hydrogen-bond donors (Lipinski definition) is 0. The van der Waals surface area contributed by atoms with Crippen LogP contribution in [0.4, 0.5) is 4.39 Å². The lowest BCUT2D eigenvalue weighted by atomic mass is 9.77. The number of benzene rings is 1. The molecule has 4 heteroatoms. The molecule has 1 aromatic heterocycles. The lowest BCUT2D eigenvalue weighted by Crippen LogP contribution is -2.49. The molecule has 1 spiro atoms. The highest BCUT2D eigenvalue weighted by Crippen LogP contribution is 2.39. The molecule has 2 saturated heterocycles. The van der Waals surface area contributed by atoms with E-state index in [0.717, 1.165) is 63.9 Å². The molecule has 3 heterocycles. The van der Waals surface area contributed by atoms with E-state index in [-0.39, 0.29) is 11.4 Å². The zero-order chi connectivity index (χ0) is 17.8. The second-order valence-electron chi connectivity index (χ2n) is 7.86. The lowest BCUT2D eigenvalue weighted by Gasteiger charge is -2.46. The van der Waals surface area contributed by atoms with Gasteiger partial charge in [0.25, 0.3) is 0 Å². The molecule has 1 atom stereocenters. The highest BCUT2D eigenvalue weighted by Gasteiger charge is 2.40. The molecule has 2 aliphatic rings. The Hall–Kier alpha value is -1.78. The monoisotopic (exact) mass is 354 g/mol. The number of likely N-dealkylation sites (tertiary alicyclic amines) is 1. The summed E-state index contributed by atoms with van der Waals surface area (Å²) in [5.74, 6) is 0.464. The highest BCUT2D eigenvalue weighted by molar-refractivity contribution is 5.17. The third-order valence-corrected chi connectivity index (χ3v) is 5.93. The minimum atomic E-state index is -0.131. The smallest absolute Gasteiger partial charge is 0.123 e. The minimum Gasteiger partial charge on any atom is -0.375 e. The third kappa shape index (κ3) is 4.30. The molecule has 0 N–H and O–H groups in total. The molecule has 138 valence electrons. The van der Waals surface area contributed by atoms with Crippen LogP contribution in [-0.4, -0.2) is 35.2 Å². The van der Waals surface area contributed by atoms with Crippen LogP contribution in [0, 0.1) is 11.7 Å². The number of piperidine rings is 1. The summed E-state index contributed by atoms with van der Waals surface area (Å²) in [5.41, 5.74) is 2.47. The van der Waals surface area contributed by atoms with E-state index in [0.29, 0.717) is 5.92 Å². The molecule has 26 heavy (non-hydrogen) atoms. The van der Waals surface area contributed by atoms with Crippen molar-refractivity contribution in [1.82, 2.24) is 9.88 Å². The Morgan fingerprint density at radius 3 is 2.69 bits per heavy atom. The summed E-state index contributed by atoms with van der Waals surface area (Å²) in [7, 11) is 0. The van der Waals surface area contributed by atoms with E-state index in [1.807, 2.05) is 24.5 Å². The fourth-order valence-corrected chi connectivity index (χ4v) is 4.51. The van der Waals surface area contributed by atoms with Crippen LogP contribution in [0.25, 0.3) is 0 Å². The summed E-state index contributed by atoms with van der Waals surface area (Å²) in [4.78, 5) is 6.61. The predicted octanol–water partition coefficient (Wildman–Crippen LogP) is 4.22. The molecule has 1 aromatic carbocycles. The van der Waals surface area contributed by atoms with E-state index in [1.165, 1.54) is 11.6 Å². The van der Waals surface area contributed by atoms with Crippen LogP contribution in [0.3, 0.4) is 0 Å². The Labute approximate surface area is 155 Å². The Morgan fingerprint density at radius 2 is 1.92 bits per heavy atom. The normalized spacial score (nSPS) is 23.2. The molecular formula is C22H27FN2O. The summed E-state index contributed by atoms with van der Waals surface area (Å²) < 4.78 is 19.7. The van der Waals surface area contributed by atoms with Crippen molar-refractivity contribution in [2.75, 3.05) is 19.7 Å². The van der Waals surface area contributed by atoms with Crippen molar-refractivity contribution in [2.24, 2.45) is 5.92 Å². The van der Waals surface area contributed by atoms with E-state index >= 15 is 0 Å². The Balaban J connectivity index is 1.33. The summed E-state index contributed by atoms with van der Waals surface area (Å²) >= 11 is 0. The largest absolute Gasteiger partial charge is 0.375 e. The van der Waals surface area contributed by atoms with Gasteiger partial charge in [-0.25, -0.2) is 4.39 Å². The van der Waals surface area contributed by atoms with Gasteiger partial charge in [-0.2, -0.15) is 0 Å². The Bertz CT molecular complexity index is 713. The average Bonchev–Trinajstić information content (AvgIpc) is 2.65. The summed E-state index contributed by atoms with van der Waals surface area (Å²) in [6.45, 7) is 3.99. The zero-order valence-electron chi connectivity index (χ0n) is 15.2. The van der Waals surface area contributed by atoms with Gasteiger partial charge < -0.3 is 4.74 Å². The van der Waals surface area contributed by atoms with E-state index in [1.54, 1.807) is 6.07 Å².